The summed E-state index contributed by atoms with van der Waals surface area (Å²) in [5.41, 5.74) is 0.299. The molecule has 0 amide bonds. The summed E-state index contributed by atoms with van der Waals surface area (Å²) in [7, 11) is 0. The van der Waals surface area contributed by atoms with Crippen LogP contribution in [0.4, 0.5) is 5.82 Å². The van der Waals surface area contributed by atoms with E-state index in [2.05, 4.69) is 31.2 Å². The molecule has 86 valence electrons. The molecule has 0 saturated carbocycles. The maximum atomic E-state index is 8.82. The molecule has 0 aliphatic heterocycles. The van der Waals surface area contributed by atoms with E-state index in [0.29, 0.717) is 29.1 Å². The minimum atomic E-state index is 0.299. The van der Waals surface area contributed by atoms with Crippen molar-refractivity contribution < 1.29 is 4.42 Å². The summed E-state index contributed by atoms with van der Waals surface area (Å²) < 4.78 is 6.07. The topological polar surface area (TPSA) is 74.7 Å². The Morgan fingerprint density at radius 1 is 1.35 bits per heavy atom. The summed E-state index contributed by atoms with van der Waals surface area (Å²) in [6.07, 6.45) is 3.76. The second-order valence-electron chi connectivity index (χ2n) is 3.25. The molecule has 0 aromatic carbocycles. The van der Waals surface area contributed by atoms with Crippen molar-refractivity contribution in [1.82, 2.24) is 9.97 Å². The Labute approximate surface area is 107 Å². The molecule has 17 heavy (non-hydrogen) atoms. The second-order valence-corrected chi connectivity index (χ2v) is 4.03. The lowest BCUT2D eigenvalue weighted by molar-refractivity contribution is 0.491. The zero-order valence-electron chi connectivity index (χ0n) is 8.85. The summed E-state index contributed by atoms with van der Waals surface area (Å²) in [5, 5.41) is 11.9. The van der Waals surface area contributed by atoms with Gasteiger partial charge in [0.1, 0.15) is 11.8 Å². The van der Waals surface area contributed by atoms with Crippen molar-refractivity contribution in [3.8, 4) is 6.07 Å². The summed E-state index contributed by atoms with van der Waals surface area (Å²) in [4.78, 5) is 7.96. The fraction of sp³-hybridized carbons (Fsp3) is 0.182. The van der Waals surface area contributed by atoms with Crippen molar-refractivity contribution in [3.05, 3.63) is 40.7 Å². The van der Waals surface area contributed by atoms with Crippen LogP contribution in [0.2, 0.25) is 0 Å². The van der Waals surface area contributed by atoms with Crippen LogP contribution < -0.4 is 5.32 Å². The number of hydrogen-bond donors (Lipinski definition) is 1. The van der Waals surface area contributed by atoms with Crippen LogP contribution in [-0.4, -0.2) is 16.5 Å². The van der Waals surface area contributed by atoms with Crippen LogP contribution in [-0.2, 0) is 6.42 Å². The van der Waals surface area contributed by atoms with Crippen molar-refractivity contribution in [3.63, 3.8) is 0 Å². The van der Waals surface area contributed by atoms with Gasteiger partial charge < -0.3 is 9.73 Å². The normalized spacial score (nSPS) is 9.88. The largest absolute Gasteiger partial charge is 0.454 e. The van der Waals surface area contributed by atoms with E-state index in [1.54, 1.807) is 6.20 Å². The molecule has 0 aliphatic rings. The number of nitrogens with zero attached hydrogens (tertiary/aromatic N) is 3. The highest BCUT2D eigenvalue weighted by Gasteiger charge is 2.04. The fourth-order valence-corrected chi connectivity index (χ4v) is 1.68. The highest BCUT2D eigenvalue weighted by molar-refractivity contribution is 9.10. The molecule has 6 heteroatoms. The van der Waals surface area contributed by atoms with Gasteiger partial charge in [-0.3, -0.25) is 0 Å². The van der Waals surface area contributed by atoms with Gasteiger partial charge in [0.15, 0.2) is 16.2 Å². The maximum absolute atomic E-state index is 8.82. The lowest BCUT2D eigenvalue weighted by Gasteiger charge is -2.04. The van der Waals surface area contributed by atoms with Crippen molar-refractivity contribution in [2.75, 3.05) is 11.9 Å². The van der Waals surface area contributed by atoms with E-state index in [-0.39, 0.29) is 0 Å². The lowest BCUT2D eigenvalue weighted by atomic mass is 10.3. The molecule has 1 N–H and O–H groups in total. The molecule has 5 nitrogen and oxygen atoms in total. The van der Waals surface area contributed by atoms with Crippen molar-refractivity contribution in [1.29, 1.82) is 5.26 Å². The molecule has 0 atom stereocenters. The van der Waals surface area contributed by atoms with Gasteiger partial charge in [-0.1, -0.05) is 0 Å². The third-order valence-corrected chi connectivity index (χ3v) is 2.52. The molecular formula is C11H9BrN4O. The Hall–Kier alpha value is -1.87. The molecule has 0 spiro atoms. The fourth-order valence-electron chi connectivity index (χ4n) is 1.34. The average molecular weight is 293 g/mol. The number of rotatable bonds is 4. The van der Waals surface area contributed by atoms with E-state index < -0.39 is 0 Å². The van der Waals surface area contributed by atoms with Crippen LogP contribution in [0.15, 0.2) is 33.6 Å². The van der Waals surface area contributed by atoms with Gasteiger partial charge >= 0.3 is 0 Å². The molecule has 0 radical (unpaired) electrons. The van der Waals surface area contributed by atoms with Crippen LogP contribution in [0.5, 0.6) is 0 Å². The minimum absolute atomic E-state index is 0.299. The first-order valence-electron chi connectivity index (χ1n) is 4.99. The van der Waals surface area contributed by atoms with Crippen LogP contribution in [0.1, 0.15) is 11.5 Å². The Bertz CT molecular complexity index is 546. The smallest absolute Gasteiger partial charge is 0.182 e. The van der Waals surface area contributed by atoms with Gasteiger partial charge in [-0.15, -0.1) is 0 Å². The number of anilines is 1. The second kappa shape index (κ2) is 5.46. The number of nitriles is 1. The molecule has 0 unspecified atom stereocenters. The predicted octanol–water partition coefficient (Wildman–Crippen LogP) is 2.36. The van der Waals surface area contributed by atoms with Gasteiger partial charge in [0.2, 0.25) is 0 Å². The van der Waals surface area contributed by atoms with Crippen molar-refractivity contribution >= 4 is 21.7 Å². The Balaban J connectivity index is 1.92. The first kappa shape index (κ1) is 11.6. The zero-order valence-corrected chi connectivity index (χ0v) is 10.4. The summed E-state index contributed by atoms with van der Waals surface area (Å²) in [5.74, 6) is 1.37. The van der Waals surface area contributed by atoms with Crippen LogP contribution in [0.25, 0.3) is 0 Å². The van der Waals surface area contributed by atoms with Gasteiger partial charge in [-0.2, -0.15) is 5.26 Å². The van der Waals surface area contributed by atoms with Gasteiger partial charge in [0.05, 0.1) is 0 Å². The Morgan fingerprint density at radius 2 is 2.18 bits per heavy atom. The Kier molecular flexibility index (Phi) is 3.73. The predicted molar refractivity (Wildman–Crippen MR) is 65.3 cm³/mol. The first-order chi connectivity index (χ1) is 8.29. The van der Waals surface area contributed by atoms with E-state index in [1.165, 1.54) is 6.20 Å². The highest BCUT2D eigenvalue weighted by atomic mass is 79.9. The summed E-state index contributed by atoms with van der Waals surface area (Å²) in [6.45, 7) is 0.632. The van der Waals surface area contributed by atoms with Crippen molar-refractivity contribution in [2.24, 2.45) is 0 Å². The van der Waals surface area contributed by atoms with Gasteiger partial charge in [-0.25, -0.2) is 9.97 Å². The van der Waals surface area contributed by atoms with Crippen LogP contribution in [0.3, 0.4) is 0 Å². The SMILES string of the molecule is N#Cc1nccnc1NCCc1ccc(Br)o1. The van der Waals surface area contributed by atoms with E-state index in [9.17, 15) is 0 Å². The minimum Gasteiger partial charge on any atom is -0.454 e. The summed E-state index contributed by atoms with van der Waals surface area (Å²) >= 11 is 3.24. The molecule has 2 aromatic heterocycles. The van der Waals surface area contributed by atoms with E-state index in [0.717, 1.165) is 5.76 Å². The van der Waals surface area contributed by atoms with E-state index in [4.69, 9.17) is 9.68 Å². The third-order valence-electron chi connectivity index (χ3n) is 2.10. The van der Waals surface area contributed by atoms with Gasteiger partial charge in [0.25, 0.3) is 0 Å². The molecule has 2 heterocycles. The van der Waals surface area contributed by atoms with Gasteiger partial charge in [-0.05, 0) is 28.1 Å². The van der Waals surface area contributed by atoms with Crippen LogP contribution >= 0.6 is 15.9 Å². The zero-order chi connectivity index (χ0) is 12.1. The Morgan fingerprint density at radius 3 is 2.88 bits per heavy atom. The van der Waals surface area contributed by atoms with E-state index >= 15 is 0 Å². The molecule has 0 bridgehead atoms. The number of halogens is 1. The molecule has 2 aromatic rings. The maximum Gasteiger partial charge on any atom is 0.182 e. The summed E-state index contributed by atoms with van der Waals surface area (Å²) in [6, 6.07) is 5.72. The lowest BCUT2D eigenvalue weighted by Crippen LogP contribution is -2.08. The average Bonchev–Trinajstić information content (AvgIpc) is 2.76. The highest BCUT2D eigenvalue weighted by Crippen LogP contribution is 2.14. The molecule has 0 fully saturated rings. The first-order valence-corrected chi connectivity index (χ1v) is 5.78. The quantitative estimate of drug-likeness (QED) is 0.936. The molecule has 0 saturated heterocycles. The number of hydrogen-bond acceptors (Lipinski definition) is 5. The van der Waals surface area contributed by atoms with Gasteiger partial charge in [0, 0.05) is 25.4 Å². The molecule has 0 aliphatic carbocycles. The molecular weight excluding hydrogens is 284 g/mol. The monoisotopic (exact) mass is 292 g/mol. The standard InChI is InChI=1S/C11H9BrN4O/c12-10-2-1-8(17-10)3-4-15-11-9(7-13)14-5-6-16-11/h1-2,5-6H,3-4H2,(H,15,16). The van der Waals surface area contributed by atoms with Crippen molar-refractivity contribution in [2.45, 2.75) is 6.42 Å². The third kappa shape index (κ3) is 3.04. The number of nitrogens with one attached hydrogen (secondary N) is 1. The van der Waals surface area contributed by atoms with Crippen LogP contribution in [0, 0.1) is 11.3 Å². The number of aromatic nitrogens is 2. The number of furan rings is 1. The van der Waals surface area contributed by atoms with E-state index in [1.807, 2.05) is 18.2 Å². The molecule has 2 rings (SSSR count).